The number of carbonyl (C=O) groups excluding carboxylic acids is 1. The number of hydrogen-bond acceptors (Lipinski definition) is 7. The largest absolute Gasteiger partial charge is 0.576 e. The van der Waals surface area contributed by atoms with Crippen LogP contribution in [0.2, 0.25) is 0 Å². The lowest BCUT2D eigenvalue weighted by Gasteiger charge is -2.07. The van der Waals surface area contributed by atoms with Crippen molar-refractivity contribution in [1.29, 1.82) is 0 Å². The van der Waals surface area contributed by atoms with Gasteiger partial charge >= 0.3 is 6.16 Å². The quantitative estimate of drug-likeness (QED) is 0.206. The molecule has 0 aromatic heterocycles. The maximum atomic E-state index is 10.5. The molecule has 0 aliphatic carbocycles. The minimum atomic E-state index is -1.23. The smallest absolute Gasteiger partial charge is 0.352 e. The Morgan fingerprint density at radius 1 is 1.46 bits per heavy atom. The van der Waals surface area contributed by atoms with E-state index in [0.29, 0.717) is 0 Å². The highest BCUT2D eigenvalue weighted by Gasteiger charge is 2.10. The molecule has 0 saturated carbocycles. The normalized spacial score (nSPS) is 11.5. The molecule has 0 heterocycles. The van der Waals surface area contributed by atoms with Crippen LogP contribution in [0.1, 0.15) is 6.92 Å². The maximum absolute atomic E-state index is 10.5. The predicted molar refractivity (Wildman–Crippen MR) is 37.5 cm³/mol. The predicted octanol–water partition coefficient (Wildman–Crippen LogP) is 1.07. The molecule has 7 nitrogen and oxygen atoms in total. The first-order chi connectivity index (χ1) is 6.20. The highest BCUT2D eigenvalue weighted by Crippen LogP contribution is 1.95. The lowest BCUT2D eigenvalue weighted by atomic mass is 10.8. The van der Waals surface area contributed by atoms with E-state index >= 15 is 0 Å². The topological polar surface area (TPSA) is 72.5 Å². The van der Waals surface area contributed by atoms with Crippen LogP contribution in [0.5, 0.6) is 0 Å². The van der Waals surface area contributed by atoms with Crippen LogP contribution in [0, 0.1) is 0 Å². The van der Waals surface area contributed by atoms with Crippen LogP contribution < -0.4 is 0 Å². The molecule has 0 aliphatic rings. The van der Waals surface area contributed by atoms with Gasteiger partial charge < -0.3 is 9.62 Å². The standard InChI is InChI=1S/C6H10O7/c1-4-9-13-12-6(7)11-10-5(2)8-3/h4-5H,1H2,2-3H3. The molecule has 0 bridgehead atoms. The van der Waals surface area contributed by atoms with E-state index in [1.54, 1.807) is 0 Å². The first-order valence-corrected chi connectivity index (χ1v) is 3.21. The van der Waals surface area contributed by atoms with Gasteiger partial charge in [-0.15, -0.1) is 0 Å². The van der Waals surface area contributed by atoms with Crippen molar-refractivity contribution in [1.82, 2.24) is 0 Å². The number of ether oxygens (including phenoxy) is 1. The van der Waals surface area contributed by atoms with Crippen molar-refractivity contribution in [3.63, 3.8) is 0 Å². The fourth-order valence-electron chi connectivity index (χ4n) is 0.235. The van der Waals surface area contributed by atoms with Gasteiger partial charge in [-0.2, -0.15) is 9.68 Å². The molecular weight excluding hydrogens is 184 g/mol. The summed E-state index contributed by atoms with van der Waals surface area (Å²) in [4.78, 5) is 26.6. The summed E-state index contributed by atoms with van der Waals surface area (Å²) < 4.78 is 4.58. The van der Waals surface area contributed by atoms with Crippen LogP contribution in [0.3, 0.4) is 0 Å². The van der Waals surface area contributed by atoms with Crippen LogP contribution >= 0.6 is 0 Å². The first-order valence-electron chi connectivity index (χ1n) is 3.21. The van der Waals surface area contributed by atoms with E-state index in [0.717, 1.165) is 6.26 Å². The van der Waals surface area contributed by atoms with Crippen molar-refractivity contribution in [2.24, 2.45) is 0 Å². The second-order valence-electron chi connectivity index (χ2n) is 1.65. The summed E-state index contributed by atoms with van der Waals surface area (Å²) in [6.45, 7) is 4.62. The second kappa shape index (κ2) is 7.35. The zero-order valence-electron chi connectivity index (χ0n) is 7.22. The van der Waals surface area contributed by atoms with Gasteiger partial charge in [0.25, 0.3) is 0 Å². The van der Waals surface area contributed by atoms with Gasteiger partial charge in [0.15, 0.2) is 6.29 Å². The molecule has 0 saturated heterocycles. The average molecular weight is 194 g/mol. The molecule has 0 aromatic carbocycles. The molecule has 1 unspecified atom stereocenters. The Balaban J connectivity index is 3.34. The number of carbonyl (C=O) groups is 1. The molecule has 0 radical (unpaired) electrons. The third-order valence-electron chi connectivity index (χ3n) is 0.793. The zero-order chi connectivity index (χ0) is 10.1. The molecule has 0 aliphatic heterocycles. The summed E-state index contributed by atoms with van der Waals surface area (Å²) in [5.74, 6) is 0. The van der Waals surface area contributed by atoms with E-state index in [4.69, 9.17) is 0 Å². The SMILES string of the molecule is C=COOOC(=O)OOC(C)OC. The summed E-state index contributed by atoms with van der Waals surface area (Å²) in [6.07, 6.45) is -1.02. The third-order valence-corrected chi connectivity index (χ3v) is 0.793. The summed E-state index contributed by atoms with van der Waals surface area (Å²) in [7, 11) is 1.37. The van der Waals surface area contributed by atoms with Crippen LogP contribution in [-0.4, -0.2) is 19.6 Å². The molecule has 0 N–H and O–H groups in total. The Kier molecular flexibility index (Phi) is 6.60. The summed E-state index contributed by atoms with van der Waals surface area (Å²) >= 11 is 0. The fraction of sp³-hybridized carbons (Fsp3) is 0.500. The van der Waals surface area contributed by atoms with Gasteiger partial charge in [0, 0.05) is 12.1 Å². The summed E-state index contributed by atoms with van der Waals surface area (Å²) in [5.41, 5.74) is 0. The highest BCUT2D eigenvalue weighted by atomic mass is 17.5. The number of methoxy groups -OCH3 is 1. The van der Waals surface area contributed by atoms with Crippen molar-refractivity contribution < 1.29 is 34.1 Å². The second-order valence-corrected chi connectivity index (χ2v) is 1.65. The van der Waals surface area contributed by atoms with Gasteiger partial charge in [-0.25, -0.2) is 4.89 Å². The van der Waals surface area contributed by atoms with E-state index in [1.807, 2.05) is 0 Å². The zero-order valence-corrected chi connectivity index (χ0v) is 7.22. The first kappa shape index (κ1) is 11.7. The van der Waals surface area contributed by atoms with Crippen LogP contribution in [0.4, 0.5) is 4.79 Å². The Hall–Kier alpha value is -1.31. The Labute approximate surface area is 74.5 Å². The Morgan fingerprint density at radius 3 is 2.69 bits per heavy atom. The summed E-state index contributed by atoms with van der Waals surface area (Å²) in [6, 6.07) is 0. The van der Waals surface area contributed by atoms with E-state index < -0.39 is 12.4 Å². The van der Waals surface area contributed by atoms with Crippen molar-refractivity contribution in [2.75, 3.05) is 7.11 Å². The van der Waals surface area contributed by atoms with Crippen LogP contribution in [0.15, 0.2) is 12.8 Å². The monoisotopic (exact) mass is 194 g/mol. The minimum absolute atomic E-state index is 0.701. The number of rotatable bonds is 6. The van der Waals surface area contributed by atoms with E-state index in [1.165, 1.54) is 14.0 Å². The average Bonchev–Trinajstić information content (AvgIpc) is 2.14. The number of hydrogen-bond donors (Lipinski definition) is 0. The molecule has 1 atom stereocenters. The van der Waals surface area contributed by atoms with Gasteiger partial charge in [-0.3, -0.25) is 4.89 Å². The van der Waals surface area contributed by atoms with Gasteiger partial charge in [0.2, 0.25) is 0 Å². The molecule has 0 amide bonds. The molecule has 0 spiro atoms. The fourth-order valence-corrected chi connectivity index (χ4v) is 0.235. The van der Waals surface area contributed by atoms with Crippen molar-refractivity contribution >= 4 is 6.16 Å². The van der Waals surface area contributed by atoms with Crippen molar-refractivity contribution in [3.8, 4) is 0 Å². The Bertz CT molecular complexity index is 157. The molecule has 0 rings (SSSR count). The lowest BCUT2D eigenvalue weighted by molar-refractivity contribution is -0.475. The maximum Gasteiger partial charge on any atom is 0.576 e. The van der Waals surface area contributed by atoms with E-state index in [-0.39, 0.29) is 0 Å². The van der Waals surface area contributed by atoms with Gasteiger partial charge in [-0.05, 0) is 6.92 Å². The van der Waals surface area contributed by atoms with Crippen LogP contribution in [0.25, 0.3) is 0 Å². The molecule has 0 aromatic rings. The summed E-state index contributed by atoms with van der Waals surface area (Å²) in [5, 5.41) is 3.80. The molecular formula is C6H10O7. The highest BCUT2D eigenvalue weighted by molar-refractivity contribution is 5.57. The van der Waals surface area contributed by atoms with Crippen LogP contribution in [-0.2, 0) is 29.3 Å². The van der Waals surface area contributed by atoms with Gasteiger partial charge in [0.05, 0.1) is 0 Å². The molecule has 13 heavy (non-hydrogen) atoms. The molecule has 76 valence electrons. The molecule has 7 heteroatoms. The van der Waals surface area contributed by atoms with Crippen molar-refractivity contribution in [2.45, 2.75) is 13.2 Å². The van der Waals surface area contributed by atoms with Gasteiger partial charge in [-0.1, -0.05) is 6.58 Å². The molecule has 0 fully saturated rings. The van der Waals surface area contributed by atoms with Gasteiger partial charge in [0.1, 0.15) is 6.26 Å². The van der Waals surface area contributed by atoms with E-state index in [2.05, 4.69) is 35.9 Å². The Morgan fingerprint density at radius 2 is 2.15 bits per heavy atom. The minimum Gasteiger partial charge on any atom is -0.352 e. The lowest BCUT2D eigenvalue weighted by Crippen LogP contribution is -2.15. The van der Waals surface area contributed by atoms with E-state index in [9.17, 15) is 4.79 Å². The van der Waals surface area contributed by atoms with Crippen molar-refractivity contribution in [3.05, 3.63) is 12.8 Å². The third kappa shape index (κ3) is 7.06.